The molecule has 2 atom stereocenters. The first-order chi connectivity index (χ1) is 6.63. The average Bonchev–Trinajstić information content (AvgIpc) is 2.14. The summed E-state index contributed by atoms with van der Waals surface area (Å²) in [5.41, 5.74) is 1.17. The molecule has 1 aromatic heterocycles. The fourth-order valence-corrected chi connectivity index (χ4v) is 1.37. The minimum Gasteiger partial charge on any atom is -0.391 e. The highest BCUT2D eigenvalue weighted by Crippen LogP contribution is 2.10. The molecule has 0 radical (unpaired) electrons. The second-order valence-electron chi connectivity index (χ2n) is 3.62. The van der Waals surface area contributed by atoms with E-state index in [4.69, 9.17) is 0 Å². The molecule has 0 amide bonds. The van der Waals surface area contributed by atoms with Crippen LogP contribution in [0, 0.1) is 6.92 Å². The Hall–Kier alpha value is -1.09. The van der Waals surface area contributed by atoms with Crippen molar-refractivity contribution >= 4 is 5.82 Å². The average molecular weight is 194 g/mol. The topological polar surface area (TPSA) is 45.2 Å². The van der Waals surface area contributed by atoms with Crippen LogP contribution in [0.15, 0.2) is 18.3 Å². The van der Waals surface area contributed by atoms with Crippen LogP contribution in [0.1, 0.15) is 25.8 Å². The van der Waals surface area contributed by atoms with E-state index in [1.165, 1.54) is 5.56 Å². The van der Waals surface area contributed by atoms with Crippen molar-refractivity contribution < 1.29 is 5.11 Å². The van der Waals surface area contributed by atoms with E-state index in [1.54, 1.807) is 13.1 Å². The zero-order chi connectivity index (χ0) is 10.6. The fourth-order valence-electron chi connectivity index (χ4n) is 1.37. The summed E-state index contributed by atoms with van der Waals surface area (Å²) in [6.45, 7) is 5.85. The molecule has 2 unspecified atom stereocenters. The van der Waals surface area contributed by atoms with Crippen LogP contribution in [0.4, 0.5) is 5.82 Å². The minimum absolute atomic E-state index is 0.0734. The second kappa shape index (κ2) is 4.96. The highest BCUT2D eigenvalue weighted by molar-refractivity contribution is 5.38. The van der Waals surface area contributed by atoms with Crippen LogP contribution in [0.2, 0.25) is 0 Å². The van der Waals surface area contributed by atoms with Crippen LogP contribution in [0.5, 0.6) is 0 Å². The van der Waals surface area contributed by atoms with Gasteiger partial charge in [0.05, 0.1) is 12.1 Å². The highest BCUT2D eigenvalue weighted by atomic mass is 16.3. The molecule has 1 aromatic rings. The lowest BCUT2D eigenvalue weighted by atomic mass is 10.1. The van der Waals surface area contributed by atoms with E-state index in [-0.39, 0.29) is 12.1 Å². The zero-order valence-corrected chi connectivity index (χ0v) is 8.99. The molecule has 1 heterocycles. The molecule has 0 aliphatic rings. The van der Waals surface area contributed by atoms with Crippen LogP contribution in [-0.2, 0) is 0 Å². The van der Waals surface area contributed by atoms with Gasteiger partial charge < -0.3 is 10.4 Å². The third-order valence-corrected chi connectivity index (χ3v) is 2.27. The van der Waals surface area contributed by atoms with Crippen molar-refractivity contribution in [2.24, 2.45) is 0 Å². The number of aliphatic hydroxyl groups is 1. The summed E-state index contributed by atoms with van der Waals surface area (Å²) in [4.78, 5) is 4.19. The fraction of sp³-hybridized carbons (Fsp3) is 0.545. The molecular formula is C11H18N2O. The van der Waals surface area contributed by atoms with Gasteiger partial charge in [0.25, 0.3) is 0 Å². The molecule has 3 nitrogen and oxygen atoms in total. The van der Waals surface area contributed by atoms with Gasteiger partial charge in [0, 0.05) is 6.20 Å². The molecule has 2 N–H and O–H groups in total. The molecule has 0 aliphatic heterocycles. The maximum atomic E-state index is 9.45. The van der Waals surface area contributed by atoms with Gasteiger partial charge in [-0.25, -0.2) is 4.98 Å². The number of nitrogens with one attached hydrogen (secondary N) is 1. The number of nitrogens with zero attached hydrogens (tertiary/aromatic N) is 1. The Labute approximate surface area is 85.2 Å². The van der Waals surface area contributed by atoms with E-state index < -0.39 is 0 Å². The van der Waals surface area contributed by atoms with E-state index in [9.17, 15) is 5.11 Å². The van der Waals surface area contributed by atoms with E-state index in [2.05, 4.69) is 10.3 Å². The Bertz CT molecular complexity index is 286. The lowest BCUT2D eigenvalue weighted by Gasteiger charge is -2.20. The number of aliphatic hydroxyl groups excluding tert-OH is 1. The summed E-state index contributed by atoms with van der Waals surface area (Å²) in [5.74, 6) is 0.831. The molecular weight excluding hydrogens is 176 g/mol. The Balaban J connectivity index is 2.67. The smallest absolute Gasteiger partial charge is 0.126 e. The summed E-state index contributed by atoms with van der Waals surface area (Å²) < 4.78 is 0. The van der Waals surface area contributed by atoms with Crippen molar-refractivity contribution in [1.82, 2.24) is 4.98 Å². The van der Waals surface area contributed by atoms with Gasteiger partial charge in [-0.3, -0.25) is 0 Å². The summed E-state index contributed by atoms with van der Waals surface area (Å²) in [6.07, 6.45) is 2.29. The maximum Gasteiger partial charge on any atom is 0.126 e. The lowest BCUT2D eigenvalue weighted by Crippen LogP contribution is -2.30. The largest absolute Gasteiger partial charge is 0.391 e. The van der Waals surface area contributed by atoms with Gasteiger partial charge >= 0.3 is 0 Å². The van der Waals surface area contributed by atoms with Gasteiger partial charge in [0.15, 0.2) is 0 Å². The monoisotopic (exact) mass is 194 g/mol. The van der Waals surface area contributed by atoms with Gasteiger partial charge in [0.1, 0.15) is 5.82 Å². The molecule has 0 aliphatic carbocycles. The SMILES string of the molecule is CCC(Nc1cc(C)ccn1)C(C)O. The standard InChI is InChI=1S/C11H18N2O/c1-4-10(9(3)14)13-11-7-8(2)5-6-12-11/h5-7,9-10,14H,4H2,1-3H3,(H,12,13). The van der Waals surface area contributed by atoms with Gasteiger partial charge in [-0.1, -0.05) is 6.92 Å². The van der Waals surface area contributed by atoms with Crippen LogP contribution in [-0.4, -0.2) is 22.2 Å². The molecule has 0 fully saturated rings. The maximum absolute atomic E-state index is 9.45. The third-order valence-electron chi connectivity index (χ3n) is 2.27. The van der Waals surface area contributed by atoms with E-state index in [0.717, 1.165) is 12.2 Å². The summed E-state index contributed by atoms with van der Waals surface area (Å²) in [6, 6.07) is 4.00. The number of anilines is 1. The van der Waals surface area contributed by atoms with Gasteiger partial charge in [0.2, 0.25) is 0 Å². The Morgan fingerprint density at radius 2 is 2.29 bits per heavy atom. The van der Waals surface area contributed by atoms with Gasteiger partial charge in [-0.15, -0.1) is 0 Å². The van der Waals surface area contributed by atoms with Crippen LogP contribution in [0.25, 0.3) is 0 Å². The Kier molecular flexibility index (Phi) is 3.89. The predicted molar refractivity (Wildman–Crippen MR) is 58.4 cm³/mol. The highest BCUT2D eigenvalue weighted by Gasteiger charge is 2.12. The number of pyridine rings is 1. The summed E-state index contributed by atoms with van der Waals surface area (Å²) in [5, 5.41) is 12.7. The zero-order valence-electron chi connectivity index (χ0n) is 8.99. The molecule has 0 saturated heterocycles. The van der Waals surface area contributed by atoms with E-state index >= 15 is 0 Å². The van der Waals surface area contributed by atoms with Gasteiger partial charge in [-0.2, -0.15) is 0 Å². The quantitative estimate of drug-likeness (QED) is 0.770. The van der Waals surface area contributed by atoms with E-state index in [1.807, 2.05) is 26.0 Å². The minimum atomic E-state index is -0.359. The molecule has 0 aromatic carbocycles. The predicted octanol–water partition coefficient (Wildman–Crippen LogP) is 1.96. The van der Waals surface area contributed by atoms with E-state index in [0.29, 0.717) is 0 Å². The lowest BCUT2D eigenvalue weighted by molar-refractivity contribution is 0.169. The number of aromatic nitrogens is 1. The first kappa shape index (κ1) is 11.0. The van der Waals surface area contributed by atoms with Crippen molar-refractivity contribution in [2.45, 2.75) is 39.3 Å². The molecule has 0 bridgehead atoms. The molecule has 0 spiro atoms. The molecule has 0 saturated carbocycles. The Morgan fingerprint density at radius 3 is 2.79 bits per heavy atom. The number of hydrogen-bond acceptors (Lipinski definition) is 3. The molecule has 78 valence electrons. The van der Waals surface area contributed by atoms with Crippen molar-refractivity contribution in [2.75, 3.05) is 5.32 Å². The normalized spacial score (nSPS) is 14.9. The van der Waals surface area contributed by atoms with Crippen LogP contribution < -0.4 is 5.32 Å². The first-order valence-corrected chi connectivity index (χ1v) is 5.00. The Morgan fingerprint density at radius 1 is 1.57 bits per heavy atom. The number of hydrogen-bond donors (Lipinski definition) is 2. The van der Waals surface area contributed by atoms with Gasteiger partial charge in [-0.05, 0) is 38.0 Å². The van der Waals surface area contributed by atoms with Crippen LogP contribution >= 0.6 is 0 Å². The number of rotatable bonds is 4. The van der Waals surface area contributed by atoms with Crippen molar-refractivity contribution in [1.29, 1.82) is 0 Å². The number of aryl methyl sites for hydroxylation is 1. The van der Waals surface area contributed by atoms with Crippen molar-refractivity contribution in [3.8, 4) is 0 Å². The molecule has 3 heteroatoms. The summed E-state index contributed by atoms with van der Waals surface area (Å²) in [7, 11) is 0. The van der Waals surface area contributed by atoms with Crippen LogP contribution in [0.3, 0.4) is 0 Å². The molecule has 1 rings (SSSR count). The molecule has 14 heavy (non-hydrogen) atoms. The van der Waals surface area contributed by atoms with Crippen molar-refractivity contribution in [3.05, 3.63) is 23.9 Å². The second-order valence-corrected chi connectivity index (χ2v) is 3.62. The van der Waals surface area contributed by atoms with Crippen molar-refractivity contribution in [3.63, 3.8) is 0 Å². The summed E-state index contributed by atoms with van der Waals surface area (Å²) >= 11 is 0. The first-order valence-electron chi connectivity index (χ1n) is 5.00. The third kappa shape index (κ3) is 3.00.